The van der Waals surface area contributed by atoms with Gasteiger partial charge in [0.15, 0.2) is 0 Å². The van der Waals surface area contributed by atoms with E-state index in [1.54, 1.807) is 6.07 Å². The van der Waals surface area contributed by atoms with Crippen LogP contribution < -0.4 is 15.4 Å². The number of benzene rings is 3. The van der Waals surface area contributed by atoms with E-state index >= 15 is 0 Å². The van der Waals surface area contributed by atoms with E-state index in [0.29, 0.717) is 44.5 Å². The third kappa shape index (κ3) is 6.88. The fraction of sp³-hybridized carbons (Fsp3) is 0.323. The molecule has 0 aliphatic carbocycles. The summed E-state index contributed by atoms with van der Waals surface area (Å²) < 4.78 is 48.2. The number of aryl methyl sites for hydroxylation is 1. The normalized spacial score (nSPS) is 16.1. The molecule has 39 heavy (non-hydrogen) atoms. The molecule has 5 nitrogen and oxygen atoms in total. The van der Waals surface area contributed by atoms with Gasteiger partial charge in [0, 0.05) is 41.4 Å². The molecule has 5 rings (SSSR count). The Balaban J connectivity index is 1.48. The number of rotatable bonds is 8. The van der Waals surface area contributed by atoms with Gasteiger partial charge in [-0.3, -0.25) is 4.98 Å². The molecule has 3 N–H and O–H groups in total. The van der Waals surface area contributed by atoms with Crippen molar-refractivity contribution in [1.82, 2.24) is 10.3 Å². The molecule has 3 aromatic carbocycles. The van der Waals surface area contributed by atoms with E-state index in [1.165, 1.54) is 0 Å². The minimum absolute atomic E-state index is 0.0980. The topological polar surface area (TPSA) is 66.4 Å². The Morgan fingerprint density at radius 1 is 1.00 bits per heavy atom. The van der Waals surface area contributed by atoms with Crippen LogP contribution in [-0.4, -0.2) is 34.9 Å². The third-order valence-electron chi connectivity index (χ3n) is 7.11. The lowest BCUT2D eigenvalue weighted by Gasteiger charge is -2.35. The fourth-order valence-electron chi connectivity index (χ4n) is 5.21. The molecule has 1 aromatic heterocycles. The number of aromatic nitrogens is 1. The van der Waals surface area contributed by atoms with Gasteiger partial charge in [0.05, 0.1) is 16.7 Å². The summed E-state index contributed by atoms with van der Waals surface area (Å²) in [7, 11) is 0. The van der Waals surface area contributed by atoms with Crippen LogP contribution in [0.3, 0.4) is 0 Å². The molecule has 0 saturated carbocycles. The number of nitrogens with one attached hydrogen (secondary N) is 2. The SMILES string of the molecule is Cc1cc(Nc2cc(OC(Cc3ccccc3)CC3(O)CCNCC3)cc(C(F)(F)F)c2)c2ccccc2n1. The summed E-state index contributed by atoms with van der Waals surface area (Å²) in [5.74, 6) is 0.0980. The summed E-state index contributed by atoms with van der Waals surface area (Å²) in [5, 5.41) is 18.5. The molecule has 204 valence electrons. The highest BCUT2D eigenvalue weighted by Crippen LogP contribution is 2.37. The zero-order valence-corrected chi connectivity index (χ0v) is 21.8. The van der Waals surface area contributed by atoms with Gasteiger partial charge in [-0.1, -0.05) is 48.5 Å². The molecule has 0 amide bonds. The highest BCUT2D eigenvalue weighted by molar-refractivity contribution is 5.93. The number of para-hydroxylation sites is 1. The van der Waals surface area contributed by atoms with Crippen LogP contribution in [-0.2, 0) is 12.6 Å². The van der Waals surface area contributed by atoms with Crippen LogP contribution >= 0.6 is 0 Å². The number of hydrogen-bond donors (Lipinski definition) is 3. The molecule has 1 unspecified atom stereocenters. The van der Waals surface area contributed by atoms with Crippen LogP contribution in [0.5, 0.6) is 5.75 Å². The number of halogens is 3. The van der Waals surface area contributed by atoms with Crippen molar-refractivity contribution in [3.05, 3.63) is 95.7 Å². The maximum absolute atomic E-state index is 14.0. The summed E-state index contributed by atoms with van der Waals surface area (Å²) in [6.45, 7) is 3.22. The summed E-state index contributed by atoms with van der Waals surface area (Å²) >= 11 is 0. The predicted molar refractivity (Wildman–Crippen MR) is 147 cm³/mol. The van der Waals surface area contributed by atoms with Gasteiger partial charge in [-0.05, 0) is 62.7 Å². The quantitative estimate of drug-likeness (QED) is 0.232. The van der Waals surface area contributed by atoms with Crippen LogP contribution in [0.2, 0.25) is 0 Å². The van der Waals surface area contributed by atoms with E-state index < -0.39 is 23.4 Å². The van der Waals surface area contributed by atoms with E-state index in [4.69, 9.17) is 4.74 Å². The standard InChI is InChI=1S/C31H32F3N3O2/c1-21-15-29(27-9-5-6-10-28(27)36-21)37-24-17-23(31(32,33)34)18-25(19-24)39-26(16-22-7-3-2-4-8-22)20-30(38)11-13-35-14-12-30/h2-10,15,17-19,26,35,38H,11-14,16,20H2,1H3,(H,36,37). The molecular weight excluding hydrogens is 503 g/mol. The van der Waals surface area contributed by atoms with Crippen LogP contribution in [0.25, 0.3) is 10.9 Å². The zero-order chi connectivity index (χ0) is 27.5. The van der Waals surface area contributed by atoms with E-state index in [0.717, 1.165) is 34.3 Å². The van der Waals surface area contributed by atoms with E-state index in [1.807, 2.05) is 67.6 Å². The highest BCUT2D eigenvalue weighted by Gasteiger charge is 2.35. The van der Waals surface area contributed by atoms with Gasteiger partial charge in [-0.15, -0.1) is 0 Å². The van der Waals surface area contributed by atoms with Gasteiger partial charge in [-0.2, -0.15) is 13.2 Å². The van der Waals surface area contributed by atoms with Crippen molar-refractivity contribution in [2.45, 2.75) is 50.5 Å². The Bertz CT molecular complexity index is 1420. The molecule has 2 heterocycles. The highest BCUT2D eigenvalue weighted by atomic mass is 19.4. The molecule has 1 aliphatic heterocycles. The molecule has 1 aliphatic rings. The Morgan fingerprint density at radius 2 is 1.72 bits per heavy atom. The summed E-state index contributed by atoms with van der Waals surface area (Å²) in [4.78, 5) is 4.52. The summed E-state index contributed by atoms with van der Waals surface area (Å²) in [6, 6.07) is 22.7. The van der Waals surface area contributed by atoms with Gasteiger partial charge >= 0.3 is 6.18 Å². The average molecular weight is 536 g/mol. The third-order valence-corrected chi connectivity index (χ3v) is 7.11. The van der Waals surface area contributed by atoms with E-state index in [2.05, 4.69) is 15.6 Å². The number of aliphatic hydroxyl groups is 1. The van der Waals surface area contributed by atoms with Crippen molar-refractivity contribution in [3.63, 3.8) is 0 Å². The van der Waals surface area contributed by atoms with Gasteiger partial charge in [0.2, 0.25) is 0 Å². The van der Waals surface area contributed by atoms with Crippen molar-refractivity contribution in [2.75, 3.05) is 18.4 Å². The fourth-order valence-corrected chi connectivity index (χ4v) is 5.21. The Labute approximate surface area is 226 Å². The number of ether oxygens (including phenoxy) is 1. The number of anilines is 2. The van der Waals surface area contributed by atoms with Crippen molar-refractivity contribution in [2.24, 2.45) is 0 Å². The average Bonchev–Trinajstić information content (AvgIpc) is 2.89. The number of fused-ring (bicyclic) bond motifs is 1. The first-order valence-corrected chi connectivity index (χ1v) is 13.2. The minimum Gasteiger partial charge on any atom is -0.490 e. The molecule has 0 bridgehead atoms. The van der Waals surface area contributed by atoms with E-state index in [9.17, 15) is 18.3 Å². The van der Waals surface area contributed by atoms with Crippen LogP contribution in [0, 0.1) is 6.92 Å². The first-order chi connectivity index (χ1) is 18.7. The van der Waals surface area contributed by atoms with Crippen LogP contribution in [0.1, 0.15) is 36.1 Å². The Hall–Kier alpha value is -3.62. The lowest BCUT2D eigenvalue weighted by molar-refractivity contribution is -0.137. The molecule has 0 radical (unpaired) electrons. The zero-order valence-electron chi connectivity index (χ0n) is 21.8. The molecule has 1 atom stereocenters. The maximum Gasteiger partial charge on any atom is 0.416 e. The Kier molecular flexibility index (Phi) is 7.77. The predicted octanol–water partition coefficient (Wildman–Crippen LogP) is 6.80. The Morgan fingerprint density at radius 3 is 2.46 bits per heavy atom. The molecule has 8 heteroatoms. The second-order valence-electron chi connectivity index (χ2n) is 10.3. The van der Waals surface area contributed by atoms with Gasteiger partial charge in [0.25, 0.3) is 0 Å². The number of alkyl halides is 3. The van der Waals surface area contributed by atoms with Crippen molar-refractivity contribution in [1.29, 1.82) is 0 Å². The lowest BCUT2D eigenvalue weighted by Crippen LogP contribution is -2.45. The van der Waals surface area contributed by atoms with Gasteiger partial charge < -0.3 is 20.5 Å². The molecule has 4 aromatic rings. The number of pyridine rings is 1. The molecule has 1 fully saturated rings. The largest absolute Gasteiger partial charge is 0.490 e. The van der Waals surface area contributed by atoms with Crippen molar-refractivity contribution >= 4 is 22.3 Å². The maximum atomic E-state index is 14.0. The summed E-state index contributed by atoms with van der Waals surface area (Å²) in [6.07, 6.45) is -3.18. The minimum atomic E-state index is -4.56. The van der Waals surface area contributed by atoms with Gasteiger partial charge in [-0.25, -0.2) is 0 Å². The molecular formula is C31H32F3N3O2. The first kappa shape index (κ1) is 27.0. The second kappa shape index (κ2) is 11.2. The second-order valence-corrected chi connectivity index (χ2v) is 10.3. The molecule has 0 spiro atoms. The first-order valence-electron chi connectivity index (χ1n) is 13.2. The lowest BCUT2D eigenvalue weighted by atomic mass is 9.85. The van der Waals surface area contributed by atoms with E-state index in [-0.39, 0.29) is 11.4 Å². The van der Waals surface area contributed by atoms with Crippen molar-refractivity contribution in [3.8, 4) is 5.75 Å². The van der Waals surface area contributed by atoms with Crippen LogP contribution in [0.4, 0.5) is 24.5 Å². The number of piperidine rings is 1. The number of nitrogens with zero attached hydrogens (tertiary/aromatic N) is 1. The molecule has 1 saturated heterocycles. The smallest absolute Gasteiger partial charge is 0.416 e. The number of hydrogen-bond acceptors (Lipinski definition) is 5. The monoisotopic (exact) mass is 535 g/mol. The van der Waals surface area contributed by atoms with Gasteiger partial charge in [0.1, 0.15) is 11.9 Å². The van der Waals surface area contributed by atoms with Crippen LogP contribution in [0.15, 0.2) is 78.9 Å². The summed E-state index contributed by atoms with van der Waals surface area (Å²) in [5.41, 5.74) is 1.66. The van der Waals surface area contributed by atoms with Crippen molar-refractivity contribution < 1.29 is 23.0 Å².